The Morgan fingerprint density at radius 3 is 2.90 bits per heavy atom. The van der Waals surface area contributed by atoms with Gasteiger partial charge in [0.25, 0.3) is 0 Å². The van der Waals surface area contributed by atoms with E-state index in [1.165, 1.54) is 0 Å². The van der Waals surface area contributed by atoms with Gasteiger partial charge in [-0.25, -0.2) is 9.50 Å². The van der Waals surface area contributed by atoms with Gasteiger partial charge in [0.05, 0.1) is 25.2 Å². The van der Waals surface area contributed by atoms with E-state index in [0.717, 1.165) is 5.56 Å². The maximum atomic E-state index is 12.4. The van der Waals surface area contributed by atoms with Gasteiger partial charge in [-0.3, -0.25) is 9.69 Å². The van der Waals surface area contributed by atoms with Crippen LogP contribution in [0.25, 0.3) is 5.65 Å². The minimum absolute atomic E-state index is 0.102. The molecular weight excluding hydrogens is 486 g/mol. The molecule has 9 nitrogen and oxygen atoms in total. The molecule has 1 aliphatic rings. The number of fused-ring (bicyclic) bond motifs is 1. The van der Waals surface area contributed by atoms with E-state index in [1.807, 2.05) is 40.1 Å². The zero-order chi connectivity index (χ0) is 21.8. The fourth-order valence-corrected chi connectivity index (χ4v) is 4.07. The summed E-state index contributed by atoms with van der Waals surface area (Å²) < 4.78 is 7.66. The molecule has 0 N–H and O–H groups in total. The number of ether oxygens (including phenoxy) is 1. The van der Waals surface area contributed by atoms with Crippen LogP contribution in [0.4, 0.5) is 5.82 Å². The van der Waals surface area contributed by atoms with E-state index in [0.29, 0.717) is 35.7 Å². The number of benzene rings is 1. The highest BCUT2D eigenvalue weighted by Crippen LogP contribution is 2.25. The number of nitriles is 1. The second-order valence-corrected chi connectivity index (χ2v) is 8.25. The molecular formula is C20H19BrClN7O2. The van der Waals surface area contributed by atoms with Crippen molar-refractivity contribution in [2.75, 3.05) is 31.1 Å². The molecule has 1 aliphatic heterocycles. The molecule has 0 spiro atoms. The molecule has 0 saturated carbocycles. The lowest BCUT2D eigenvalue weighted by atomic mass is 10.1. The van der Waals surface area contributed by atoms with Gasteiger partial charge in [-0.1, -0.05) is 30.3 Å². The normalized spacial score (nSPS) is 16.9. The van der Waals surface area contributed by atoms with E-state index < -0.39 is 0 Å². The molecule has 0 amide bonds. The number of hydrogen-bond acceptors (Lipinski definition) is 8. The molecule has 0 unspecified atom stereocenters. The van der Waals surface area contributed by atoms with Crippen molar-refractivity contribution >= 4 is 45.0 Å². The van der Waals surface area contributed by atoms with Crippen molar-refractivity contribution in [3.8, 4) is 6.07 Å². The molecule has 0 aliphatic carbocycles. The SMILES string of the molecule is N#CC[C@H]1CN(c2nc(Cl)nn3c(Br)cnc23)CCN1CC(=O)OCc1ccccc1. The van der Waals surface area contributed by atoms with Crippen molar-refractivity contribution in [1.82, 2.24) is 24.5 Å². The summed E-state index contributed by atoms with van der Waals surface area (Å²) in [5.41, 5.74) is 1.51. The number of hydrogen-bond donors (Lipinski definition) is 0. The smallest absolute Gasteiger partial charge is 0.320 e. The van der Waals surface area contributed by atoms with Crippen molar-refractivity contribution in [3.05, 3.63) is 52.0 Å². The molecule has 1 atom stereocenters. The van der Waals surface area contributed by atoms with Gasteiger partial charge in [-0.15, -0.1) is 5.10 Å². The Kier molecular flexibility index (Phi) is 6.65. The summed E-state index contributed by atoms with van der Waals surface area (Å²) in [6.07, 6.45) is 1.91. The lowest BCUT2D eigenvalue weighted by molar-refractivity contribution is -0.147. The molecule has 1 aromatic carbocycles. The van der Waals surface area contributed by atoms with Crippen molar-refractivity contribution < 1.29 is 9.53 Å². The van der Waals surface area contributed by atoms with E-state index in [1.54, 1.807) is 10.7 Å². The predicted octanol–water partition coefficient (Wildman–Crippen LogP) is 2.69. The van der Waals surface area contributed by atoms with Crippen LogP contribution in [0, 0.1) is 11.3 Å². The number of anilines is 1. The Hall–Kier alpha value is -2.74. The molecule has 160 valence electrons. The third kappa shape index (κ3) is 4.95. The summed E-state index contributed by atoms with van der Waals surface area (Å²) in [4.78, 5) is 25.1. The first-order valence-electron chi connectivity index (χ1n) is 9.67. The summed E-state index contributed by atoms with van der Waals surface area (Å²) in [5, 5.41) is 13.6. The van der Waals surface area contributed by atoms with E-state index in [-0.39, 0.29) is 36.9 Å². The lowest BCUT2D eigenvalue weighted by Gasteiger charge is -2.40. The maximum Gasteiger partial charge on any atom is 0.320 e. The predicted molar refractivity (Wildman–Crippen MR) is 118 cm³/mol. The number of nitrogens with zero attached hydrogens (tertiary/aromatic N) is 7. The Bertz CT molecular complexity index is 1120. The zero-order valence-corrected chi connectivity index (χ0v) is 18.8. The molecule has 0 bridgehead atoms. The average molecular weight is 505 g/mol. The van der Waals surface area contributed by atoms with E-state index in [4.69, 9.17) is 16.3 Å². The average Bonchev–Trinajstić information content (AvgIpc) is 3.14. The monoisotopic (exact) mass is 503 g/mol. The van der Waals surface area contributed by atoms with Crippen LogP contribution in [0.3, 0.4) is 0 Å². The van der Waals surface area contributed by atoms with Gasteiger partial charge in [0, 0.05) is 25.7 Å². The van der Waals surface area contributed by atoms with Crippen LogP contribution in [0.5, 0.6) is 0 Å². The van der Waals surface area contributed by atoms with Crippen LogP contribution in [0.15, 0.2) is 41.1 Å². The van der Waals surface area contributed by atoms with Crippen LogP contribution in [-0.2, 0) is 16.1 Å². The topological polar surface area (TPSA) is 99.6 Å². The van der Waals surface area contributed by atoms with Gasteiger partial charge in [0.1, 0.15) is 11.2 Å². The number of imidazole rings is 1. The number of rotatable bonds is 6. The minimum atomic E-state index is -0.315. The van der Waals surface area contributed by atoms with E-state index >= 15 is 0 Å². The number of carbonyl (C=O) groups is 1. The van der Waals surface area contributed by atoms with Gasteiger partial charge in [0.15, 0.2) is 11.5 Å². The number of carbonyl (C=O) groups excluding carboxylic acids is 1. The van der Waals surface area contributed by atoms with Crippen LogP contribution in [0.1, 0.15) is 12.0 Å². The molecule has 11 heteroatoms. The highest BCUT2D eigenvalue weighted by atomic mass is 79.9. The van der Waals surface area contributed by atoms with Crippen LogP contribution >= 0.6 is 27.5 Å². The summed E-state index contributed by atoms with van der Waals surface area (Å²) in [6, 6.07) is 11.6. The highest BCUT2D eigenvalue weighted by molar-refractivity contribution is 9.10. The van der Waals surface area contributed by atoms with Gasteiger partial charge < -0.3 is 9.64 Å². The molecule has 2 aromatic heterocycles. The summed E-state index contributed by atoms with van der Waals surface area (Å²) in [7, 11) is 0. The third-order valence-corrected chi connectivity index (χ3v) is 5.78. The molecule has 3 heterocycles. The largest absolute Gasteiger partial charge is 0.460 e. The fourth-order valence-electron chi connectivity index (χ4n) is 3.57. The summed E-state index contributed by atoms with van der Waals surface area (Å²) in [6.45, 7) is 2.04. The number of esters is 1. The fraction of sp³-hybridized carbons (Fsp3) is 0.350. The second kappa shape index (κ2) is 9.60. The molecule has 1 saturated heterocycles. The molecule has 4 rings (SSSR count). The summed E-state index contributed by atoms with van der Waals surface area (Å²) in [5.74, 6) is 0.282. The Labute approximate surface area is 192 Å². The van der Waals surface area contributed by atoms with Crippen molar-refractivity contribution in [3.63, 3.8) is 0 Å². The number of halogens is 2. The summed E-state index contributed by atoms with van der Waals surface area (Å²) >= 11 is 9.50. The Balaban J connectivity index is 1.44. The Morgan fingerprint density at radius 1 is 1.32 bits per heavy atom. The minimum Gasteiger partial charge on any atom is -0.460 e. The van der Waals surface area contributed by atoms with Gasteiger partial charge >= 0.3 is 5.97 Å². The number of piperazine rings is 1. The second-order valence-electron chi connectivity index (χ2n) is 7.10. The van der Waals surface area contributed by atoms with Crippen molar-refractivity contribution in [2.45, 2.75) is 19.1 Å². The molecule has 31 heavy (non-hydrogen) atoms. The van der Waals surface area contributed by atoms with E-state index in [2.05, 4.69) is 37.1 Å². The molecule has 1 fully saturated rings. The van der Waals surface area contributed by atoms with E-state index in [9.17, 15) is 10.1 Å². The first-order valence-corrected chi connectivity index (χ1v) is 10.8. The van der Waals surface area contributed by atoms with Gasteiger partial charge in [-0.05, 0) is 33.1 Å². The quantitative estimate of drug-likeness (QED) is 0.473. The van der Waals surface area contributed by atoms with Gasteiger partial charge in [0.2, 0.25) is 5.28 Å². The van der Waals surface area contributed by atoms with Crippen LogP contribution < -0.4 is 4.90 Å². The standard InChI is InChI=1S/C20H19BrClN7O2/c21-16-10-24-18-19(25-20(22)26-29(16)18)28-9-8-27(15(11-28)6-7-23)12-17(30)31-13-14-4-2-1-3-5-14/h1-5,10,15H,6,8-9,11-13H2/t15-/m0/s1. The number of aromatic nitrogens is 4. The Morgan fingerprint density at radius 2 is 2.13 bits per heavy atom. The van der Waals surface area contributed by atoms with Crippen molar-refractivity contribution in [2.24, 2.45) is 0 Å². The zero-order valence-electron chi connectivity index (χ0n) is 16.5. The third-order valence-electron chi connectivity index (χ3n) is 5.08. The molecule has 3 aromatic rings. The van der Waals surface area contributed by atoms with Crippen molar-refractivity contribution in [1.29, 1.82) is 5.26 Å². The first-order chi connectivity index (χ1) is 15.0. The lowest BCUT2D eigenvalue weighted by Crippen LogP contribution is -2.54. The first kappa shape index (κ1) is 21.5. The molecule has 0 radical (unpaired) electrons. The highest BCUT2D eigenvalue weighted by Gasteiger charge is 2.31. The maximum absolute atomic E-state index is 12.4. The van der Waals surface area contributed by atoms with Crippen LogP contribution in [-0.4, -0.2) is 62.7 Å². The van der Waals surface area contributed by atoms with Crippen LogP contribution in [0.2, 0.25) is 5.28 Å². The van der Waals surface area contributed by atoms with Gasteiger partial charge in [-0.2, -0.15) is 10.2 Å².